The number of hydrogen-bond donors (Lipinski definition) is 0. The maximum Gasteiger partial charge on any atom is 0.417 e. The average molecular weight is 330 g/mol. The van der Waals surface area contributed by atoms with E-state index in [1.165, 1.54) is 10.5 Å². The van der Waals surface area contributed by atoms with Crippen molar-refractivity contribution in [3.63, 3.8) is 0 Å². The van der Waals surface area contributed by atoms with Gasteiger partial charge in [0.05, 0.1) is 5.92 Å². The van der Waals surface area contributed by atoms with Gasteiger partial charge in [-0.25, -0.2) is 9.69 Å². The Balaban J connectivity index is 1.64. The molecule has 0 spiro atoms. The van der Waals surface area contributed by atoms with Gasteiger partial charge in [-0.2, -0.15) is 0 Å². The highest BCUT2D eigenvalue weighted by Gasteiger charge is 2.49. The zero-order valence-electron chi connectivity index (χ0n) is 14.9. The van der Waals surface area contributed by atoms with Crippen molar-refractivity contribution in [3.8, 4) is 0 Å². The number of fused-ring (bicyclic) bond motifs is 1. The minimum absolute atomic E-state index is 0.0861. The van der Waals surface area contributed by atoms with E-state index >= 15 is 0 Å². The molecule has 2 saturated heterocycles. The molecule has 5 heteroatoms. The Morgan fingerprint density at radius 2 is 1.83 bits per heavy atom. The van der Waals surface area contributed by atoms with Crippen molar-refractivity contribution < 1.29 is 14.3 Å². The van der Waals surface area contributed by atoms with Gasteiger partial charge in [-0.1, -0.05) is 30.3 Å². The number of nitrogens with zero attached hydrogens (tertiary/aromatic N) is 2. The lowest BCUT2D eigenvalue weighted by molar-refractivity contribution is -0.130. The average Bonchev–Trinajstić information content (AvgIpc) is 3.06. The van der Waals surface area contributed by atoms with Gasteiger partial charge in [0, 0.05) is 31.6 Å². The summed E-state index contributed by atoms with van der Waals surface area (Å²) in [6.45, 7) is 9.63. The fourth-order valence-corrected chi connectivity index (χ4v) is 3.63. The minimum Gasteiger partial charge on any atom is -0.443 e. The summed E-state index contributed by atoms with van der Waals surface area (Å²) < 4.78 is 5.35. The van der Waals surface area contributed by atoms with Gasteiger partial charge in [0.15, 0.2) is 0 Å². The van der Waals surface area contributed by atoms with E-state index in [4.69, 9.17) is 4.74 Å². The Kier molecular flexibility index (Phi) is 4.38. The second-order valence-corrected chi connectivity index (χ2v) is 7.84. The molecule has 2 aliphatic heterocycles. The number of ether oxygens (including phenoxy) is 1. The lowest BCUT2D eigenvalue weighted by Gasteiger charge is -2.27. The van der Waals surface area contributed by atoms with Crippen molar-refractivity contribution in [1.82, 2.24) is 9.80 Å². The summed E-state index contributed by atoms with van der Waals surface area (Å²) >= 11 is 0. The second kappa shape index (κ2) is 6.20. The van der Waals surface area contributed by atoms with Crippen molar-refractivity contribution in [1.29, 1.82) is 0 Å². The van der Waals surface area contributed by atoms with Crippen molar-refractivity contribution >= 4 is 12.0 Å². The number of rotatable bonds is 2. The van der Waals surface area contributed by atoms with Gasteiger partial charge < -0.3 is 4.74 Å². The molecule has 0 saturated carbocycles. The summed E-state index contributed by atoms with van der Waals surface area (Å²) in [6, 6.07) is 10.6. The molecular weight excluding hydrogens is 304 g/mol. The van der Waals surface area contributed by atoms with E-state index in [0.717, 1.165) is 6.54 Å². The van der Waals surface area contributed by atoms with Crippen molar-refractivity contribution in [3.05, 3.63) is 35.9 Å². The molecule has 0 unspecified atom stereocenters. The zero-order valence-corrected chi connectivity index (χ0v) is 14.9. The van der Waals surface area contributed by atoms with E-state index in [-0.39, 0.29) is 23.8 Å². The maximum atomic E-state index is 12.6. The van der Waals surface area contributed by atoms with Gasteiger partial charge in [0.25, 0.3) is 0 Å². The molecule has 0 radical (unpaired) electrons. The topological polar surface area (TPSA) is 49.9 Å². The van der Waals surface area contributed by atoms with Crippen LogP contribution in [0.2, 0.25) is 0 Å². The highest BCUT2D eigenvalue weighted by Crippen LogP contribution is 2.37. The van der Waals surface area contributed by atoms with Gasteiger partial charge in [0.1, 0.15) is 5.60 Å². The van der Waals surface area contributed by atoms with E-state index in [1.54, 1.807) is 0 Å². The van der Waals surface area contributed by atoms with Crippen LogP contribution in [0.1, 0.15) is 39.3 Å². The Bertz CT molecular complexity index is 623. The molecule has 130 valence electrons. The first kappa shape index (κ1) is 17.0. The summed E-state index contributed by atoms with van der Waals surface area (Å²) in [6.07, 6.45) is -0.510. The van der Waals surface area contributed by atoms with Crippen LogP contribution in [0.5, 0.6) is 0 Å². The molecule has 3 rings (SSSR count). The van der Waals surface area contributed by atoms with Crippen LogP contribution >= 0.6 is 0 Å². The third kappa shape index (κ3) is 3.31. The van der Waals surface area contributed by atoms with Crippen LogP contribution in [0.15, 0.2) is 30.3 Å². The van der Waals surface area contributed by atoms with Crippen LogP contribution in [0, 0.1) is 11.8 Å². The first-order valence-corrected chi connectivity index (χ1v) is 8.59. The van der Waals surface area contributed by atoms with Crippen LogP contribution in [-0.2, 0) is 9.53 Å². The zero-order chi connectivity index (χ0) is 17.5. The monoisotopic (exact) mass is 330 g/mol. The Labute approximate surface area is 143 Å². The van der Waals surface area contributed by atoms with Gasteiger partial charge in [-0.3, -0.25) is 9.69 Å². The molecule has 5 nitrogen and oxygen atoms in total. The Morgan fingerprint density at radius 3 is 2.42 bits per heavy atom. The fraction of sp³-hybridized carbons (Fsp3) is 0.579. The number of likely N-dealkylation sites (tertiary alicyclic amines) is 2. The third-order valence-electron chi connectivity index (χ3n) is 4.91. The van der Waals surface area contributed by atoms with Crippen LogP contribution in [-0.4, -0.2) is 47.0 Å². The predicted octanol–water partition coefficient (Wildman–Crippen LogP) is 3.07. The second-order valence-electron chi connectivity index (χ2n) is 7.84. The fourth-order valence-electron chi connectivity index (χ4n) is 3.63. The van der Waals surface area contributed by atoms with Crippen LogP contribution < -0.4 is 0 Å². The van der Waals surface area contributed by atoms with E-state index < -0.39 is 11.7 Å². The smallest absolute Gasteiger partial charge is 0.417 e. The molecule has 0 N–H and O–H groups in total. The molecule has 24 heavy (non-hydrogen) atoms. The molecule has 2 amide bonds. The summed E-state index contributed by atoms with van der Waals surface area (Å²) in [5.41, 5.74) is 0.678. The van der Waals surface area contributed by atoms with Crippen molar-refractivity contribution in [2.45, 2.75) is 39.3 Å². The first-order valence-electron chi connectivity index (χ1n) is 8.59. The number of carbonyl (C=O) groups excluding carboxylic acids is 2. The van der Waals surface area contributed by atoms with E-state index in [2.05, 4.69) is 24.0 Å². The third-order valence-corrected chi connectivity index (χ3v) is 4.91. The van der Waals surface area contributed by atoms with E-state index in [0.29, 0.717) is 13.1 Å². The molecule has 0 bridgehead atoms. The van der Waals surface area contributed by atoms with Crippen LogP contribution in [0.3, 0.4) is 0 Å². The summed E-state index contributed by atoms with van der Waals surface area (Å²) in [5.74, 6) is 0.0249. The number of benzene rings is 1. The molecule has 2 heterocycles. The molecule has 2 fully saturated rings. The number of amides is 2. The van der Waals surface area contributed by atoms with Crippen LogP contribution in [0.25, 0.3) is 0 Å². The minimum atomic E-state index is -0.580. The van der Waals surface area contributed by atoms with Gasteiger partial charge in [0.2, 0.25) is 5.91 Å². The van der Waals surface area contributed by atoms with Gasteiger partial charge >= 0.3 is 6.09 Å². The summed E-state index contributed by atoms with van der Waals surface area (Å²) in [4.78, 5) is 28.5. The van der Waals surface area contributed by atoms with E-state index in [9.17, 15) is 9.59 Å². The SMILES string of the molecule is C[C@H](c1ccccc1)N1C[C@H]2CN(C(=O)OC(C)(C)C)C(=O)[C@H]2C1. The molecule has 2 aliphatic rings. The largest absolute Gasteiger partial charge is 0.443 e. The number of carbonyl (C=O) groups is 2. The highest BCUT2D eigenvalue weighted by atomic mass is 16.6. The molecule has 0 aliphatic carbocycles. The molecule has 3 atom stereocenters. The molecule has 1 aromatic rings. The van der Waals surface area contributed by atoms with E-state index in [1.807, 2.05) is 39.0 Å². The normalized spacial score (nSPS) is 25.7. The van der Waals surface area contributed by atoms with Crippen molar-refractivity contribution in [2.24, 2.45) is 11.8 Å². The first-order chi connectivity index (χ1) is 11.3. The lowest BCUT2D eigenvalue weighted by Crippen LogP contribution is -2.40. The molecular formula is C19H26N2O3. The summed E-state index contributed by atoms with van der Waals surface area (Å²) in [5, 5.41) is 0. The Morgan fingerprint density at radius 1 is 1.17 bits per heavy atom. The molecule has 1 aromatic carbocycles. The lowest BCUT2D eigenvalue weighted by atomic mass is 10.0. The van der Waals surface area contributed by atoms with Crippen LogP contribution in [0.4, 0.5) is 4.79 Å². The standard InChI is InChI=1S/C19H26N2O3/c1-13(14-8-6-5-7-9-14)20-10-15-11-21(17(22)16(15)12-20)18(23)24-19(2,3)4/h5-9,13,15-16H,10-12H2,1-4H3/t13-,15+,16+/m1/s1. The number of hydrogen-bond acceptors (Lipinski definition) is 4. The predicted molar refractivity (Wildman–Crippen MR) is 91.4 cm³/mol. The van der Waals surface area contributed by atoms with Gasteiger partial charge in [-0.05, 0) is 33.3 Å². The number of imide groups is 1. The quantitative estimate of drug-likeness (QED) is 0.836. The van der Waals surface area contributed by atoms with Crippen molar-refractivity contribution in [2.75, 3.05) is 19.6 Å². The maximum absolute atomic E-state index is 12.6. The molecule has 0 aromatic heterocycles. The highest BCUT2D eigenvalue weighted by molar-refractivity contribution is 5.95. The Hall–Kier alpha value is -1.88. The summed E-state index contributed by atoms with van der Waals surface area (Å²) in [7, 11) is 0. The van der Waals surface area contributed by atoms with Gasteiger partial charge in [-0.15, -0.1) is 0 Å².